The number of hydrogen-bond acceptors (Lipinski definition) is 2. The lowest BCUT2D eigenvalue weighted by Gasteiger charge is -2.17. The number of methoxy groups -OCH3 is 1. The highest BCUT2D eigenvalue weighted by atomic mass is 79.9. The van der Waals surface area contributed by atoms with E-state index in [-0.39, 0.29) is 11.9 Å². The summed E-state index contributed by atoms with van der Waals surface area (Å²) in [4.78, 5) is 0. The van der Waals surface area contributed by atoms with Crippen molar-refractivity contribution in [3.63, 3.8) is 0 Å². The van der Waals surface area contributed by atoms with E-state index in [1.165, 1.54) is 6.07 Å². The summed E-state index contributed by atoms with van der Waals surface area (Å²) in [6.45, 7) is 1.98. The van der Waals surface area contributed by atoms with Gasteiger partial charge in [-0.25, -0.2) is 4.39 Å². The van der Waals surface area contributed by atoms with E-state index in [2.05, 4.69) is 37.2 Å². The Morgan fingerprint density at radius 2 is 1.90 bits per heavy atom. The summed E-state index contributed by atoms with van der Waals surface area (Å²) in [6.07, 6.45) is 0. The lowest BCUT2D eigenvalue weighted by atomic mass is 10.1. The molecule has 2 aromatic rings. The molecule has 0 spiro atoms. The molecular formula is C15H14Br2FNO. The Hall–Kier alpha value is -1.07. The van der Waals surface area contributed by atoms with Gasteiger partial charge in [-0.1, -0.05) is 22.0 Å². The van der Waals surface area contributed by atoms with Crippen LogP contribution in [0.1, 0.15) is 18.5 Å². The zero-order chi connectivity index (χ0) is 14.7. The zero-order valence-electron chi connectivity index (χ0n) is 11.1. The lowest BCUT2D eigenvalue weighted by molar-refractivity contribution is 0.412. The Kier molecular flexibility index (Phi) is 5.05. The van der Waals surface area contributed by atoms with Crippen LogP contribution in [0, 0.1) is 5.82 Å². The highest BCUT2D eigenvalue weighted by Gasteiger charge is 2.11. The third-order valence-corrected chi connectivity index (χ3v) is 4.09. The topological polar surface area (TPSA) is 21.3 Å². The summed E-state index contributed by atoms with van der Waals surface area (Å²) >= 11 is 6.70. The Morgan fingerprint density at radius 1 is 1.15 bits per heavy atom. The van der Waals surface area contributed by atoms with E-state index in [1.54, 1.807) is 13.2 Å². The van der Waals surface area contributed by atoms with Crippen LogP contribution in [0.2, 0.25) is 0 Å². The molecule has 1 atom stereocenters. The van der Waals surface area contributed by atoms with Crippen LogP contribution in [0.15, 0.2) is 45.3 Å². The molecule has 0 radical (unpaired) electrons. The molecule has 0 fully saturated rings. The second kappa shape index (κ2) is 6.59. The maximum atomic E-state index is 13.8. The average molecular weight is 403 g/mol. The van der Waals surface area contributed by atoms with Gasteiger partial charge in [0, 0.05) is 10.5 Å². The van der Waals surface area contributed by atoms with E-state index in [0.29, 0.717) is 5.69 Å². The molecule has 1 unspecified atom stereocenters. The van der Waals surface area contributed by atoms with E-state index < -0.39 is 0 Å². The second-order valence-corrected chi connectivity index (χ2v) is 6.15. The first-order valence-corrected chi connectivity index (χ1v) is 7.65. The van der Waals surface area contributed by atoms with Gasteiger partial charge in [-0.2, -0.15) is 0 Å². The van der Waals surface area contributed by atoms with Crippen LogP contribution < -0.4 is 10.1 Å². The van der Waals surface area contributed by atoms with Crippen molar-refractivity contribution in [2.45, 2.75) is 13.0 Å². The number of rotatable bonds is 4. The van der Waals surface area contributed by atoms with Crippen molar-refractivity contribution in [2.75, 3.05) is 12.4 Å². The van der Waals surface area contributed by atoms with Gasteiger partial charge in [0.25, 0.3) is 0 Å². The molecule has 2 nitrogen and oxygen atoms in total. The van der Waals surface area contributed by atoms with Gasteiger partial charge in [0.1, 0.15) is 11.6 Å². The predicted octanol–water partition coefficient (Wildman–Crippen LogP) is 5.53. The molecule has 2 rings (SSSR count). The van der Waals surface area contributed by atoms with Crippen LogP contribution >= 0.6 is 31.9 Å². The molecule has 0 saturated carbocycles. The van der Waals surface area contributed by atoms with Crippen molar-refractivity contribution in [3.8, 4) is 5.75 Å². The SMILES string of the molecule is COc1ccc(C(C)Nc2ccc(Br)cc2F)cc1Br. The minimum atomic E-state index is -0.279. The Balaban J connectivity index is 2.19. The van der Waals surface area contributed by atoms with Gasteiger partial charge in [-0.15, -0.1) is 0 Å². The monoisotopic (exact) mass is 401 g/mol. The van der Waals surface area contributed by atoms with E-state index in [9.17, 15) is 4.39 Å². The summed E-state index contributed by atoms with van der Waals surface area (Å²) in [5.41, 5.74) is 1.52. The molecule has 0 aromatic heterocycles. The van der Waals surface area contributed by atoms with Crippen LogP contribution in [-0.2, 0) is 0 Å². The van der Waals surface area contributed by atoms with Crippen LogP contribution in [0.5, 0.6) is 5.75 Å². The van der Waals surface area contributed by atoms with E-state index >= 15 is 0 Å². The summed E-state index contributed by atoms with van der Waals surface area (Å²) in [5.74, 6) is 0.495. The van der Waals surface area contributed by atoms with Crippen LogP contribution in [0.4, 0.5) is 10.1 Å². The molecule has 1 N–H and O–H groups in total. The van der Waals surface area contributed by atoms with Gasteiger partial charge in [-0.05, 0) is 58.7 Å². The van der Waals surface area contributed by atoms with Gasteiger partial charge < -0.3 is 10.1 Å². The summed E-state index contributed by atoms with van der Waals surface area (Å²) in [6, 6.07) is 10.8. The van der Waals surface area contributed by atoms with Gasteiger partial charge in [-0.3, -0.25) is 0 Å². The number of halogens is 3. The predicted molar refractivity (Wildman–Crippen MR) is 86.8 cm³/mol. The summed E-state index contributed by atoms with van der Waals surface area (Å²) in [5, 5.41) is 3.16. The van der Waals surface area contributed by atoms with Crippen LogP contribution in [0.25, 0.3) is 0 Å². The molecule has 5 heteroatoms. The molecule has 0 saturated heterocycles. The third kappa shape index (κ3) is 3.52. The fourth-order valence-corrected chi connectivity index (χ4v) is 2.77. The largest absolute Gasteiger partial charge is 0.496 e. The molecule has 0 aliphatic carbocycles. The summed E-state index contributed by atoms with van der Waals surface area (Å²) in [7, 11) is 1.62. The first kappa shape index (κ1) is 15.3. The number of hydrogen-bond donors (Lipinski definition) is 1. The fourth-order valence-electron chi connectivity index (χ4n) is 1.88. The lowest BCUT2D eigenvalue weighted by Crippen LogP contribution is -2.08. The van der Waals surface area contributed by atoms with Crippen molar-refractivity contribution in [2.24, 2.45) is 0 Å². The number of nitrogens with one attached hydrogen (secondary N) is 1. The van der Waals surface area contributed by atoms with Gasteiger partial charge >= 0.3 is 0 Å². The fraction of sp³-hybridized carbons (Fsp3) is 0.200. The first-order valence-electron chi connectivity index (χ1n) is 6.06. The zero-order valence-corrected chi connectivity index (χ0v) is 14.3. The molecule has 106 valence electrons. The number of benzene rings is 2. The van der Waals surface area contributed by atoms with Crippen molar-refractivity contribution in [1.82, 2.24) is 0 Å². The van der Waals surface area contributed by atoms with E-state index in [4.69, 9.17) is 4.74 Å². The van der Waals surface area contributed by atoms with E-state index in [0.717, 1.165) is 20.3 Å². The average Bonchev–Trinajstić information content (AvgIpc) is 2.41. The van der Waals surface area contributed by atoms with Crippen molar-refractivity contribution >= 4 is 37.5 Å². The third-order valence-electron chi connectivity index (χ3n) is 2.98. The number of ether oxygens (including phenoxy) is 1. The minimum Gasteiger partial charge on any atom is -0.496 e. The Labute approximate surface area is 134 Å². The highest BCUT2D eigenvalue weighted by molar-refractivity contribution is 9.10. The first-order chi connectivity index (χ1) is 9.51. The molecule has 0 aliphatic rings. The highest BCUT2D eigenvalue weighted by Crippen LogP contribution is 2.30. The van der Waals surface area contributed by atoms with Crippen molar-refractivity contribution in [3.05, 3.63) is 56.7 Å². The molecule has 0 bridgehead atoms. The van der Waals surface area contributed by atoms with Gasteiger partial charge in [0.2, 0.25) is 0 Å². The quantitative estimate of drug-likeness (QED) is 0.725. The summed E-state index contributed by atoms with van der Waals surface area (Å²) < 4.78 is 20.6. The standard InChI is InChI=1S/C15H14Br2FNO/c1-9(10-3-6-15(20-2)12(17)7-10)19-14-5-4-11(16)8-13(14)18/h3-9,19H,1-2H3. The van der Waals surface area contributed by atoms with E-state index in [1.807, 2.05) is 31.2 Å². The van der Waals surface area contributed by atoms with Gasteiger partial charge in [0.05, 0.1) is 17.3 Å². The molecular weight excluding hydrogens is 389 g/mol. The molecule has 2 aromatic carbocycles. The molecule has 0 amide bonds. The van der Waals surface area contributed by atoms with Crippen molar-refractivity contribution in [1.29, 1.82) is 0 Å². The van der Waals surface area contributed by atoms with Crippen LogP contribution in [0.3, 0.4) is 0 Å². The maximum absolute atomic E-state index is 13.8. The second-order valence-electron chi connectivity index (χ2n) is 4.38. The van der Waals surface area contributed by atoms with Crippen LogP contribution in [-0.4, -0.2) is 7.11 Å². The Bertz CT molecular complexity index is 619. The molecule has 0 heterocycles. The smallest absolute Gasteiger partial charge is 0.147 e. The molecule has 0 aliphatic heterocycles. The normalized spacial score (nSPS) is 12.1. The maximum Gasteiger partial charge on any atom is 0.147 e. The molecule has 20 heavy (non-hydrogen) atoms. The number of anilines is 1. The Morgan fingerprint density at radius 3 is 2.50 bits per heavy atom. The van der Waals surface area contributed by atoms with Gasteiger partial charge in [0.15, 0.2) is 0 Å². The van der Waals surface area contributed by atoms with Crippen molar-refractivity contribution < 1.29 is 9.13 Å². The minimum absolute atomic E-state index is 0.0205.